The van der Waals surface area contributed by atoms with E-state index in [1.165, 1.54) is 27.1 Å². The van der Waals surface area contributed by atoms with Crippen LogP contribution >= 0.6 is 34.4 Å². The molecule has 2 aromatic heterocycles. The number of rotatable bonds is 6. The van der Waals surface area contributed by atoms with E-state index in [-0.39, 0.29) is 5.91 Å². The van der Waals surface area contributed by atoms with Gasteiger partial charge in [0, 0.05) is 16.2 Å². The Kier molecular flexibility index (Phi) is 6.12. The molecule has 0 saturated heterocycles. The molecule has 1 aliphatic rings. The summed E-state index contributed by atoms with van der Waals surface area (Å²) in [5.74, 6) is 2.05. The standard InChI is InChI=1S/C25H24N2OS3/c1-16-11-12-18-21(13-16)31-25(23(18)24-26-19-9-5-6-10-20(19)30-24)27-22(28)15-29-14-17-7-3-2-4-8-17/h2-10,16H,11-15H2,1H3,(H,27,28). The summed E-state index contributed by atoms with van der Waals surface area (Å²) in [7, 11) is 0. The van der Waals surface area contributed by atoms with Crippen molar-refractivity contribution in [2.75, 3.05) is 11.1 Å². The number of hydrogen-bond donors (Lipinski definition) is 1. The molecule has 1 unspecified atom stereocenters. The summed E-state index contributed by atoms with van der Waals surface area (Å²) in [6.45, 7) is 2.32. The van der Waals surface area contributed by atoms with Crippen molar-refractivity contribution in [2.45, 2.75) is 31.9 Å². The molecule has 0 spiro atoms. The van der Waals surface area contributed by atoms with Crippen molar-refractivity contribution in [2.24, 2.45) is 5.92 Å². The average Bonchev–Trinajstić information content (AvgIpc) is 3.34. The molecule has 0 bridgehead atoms. The molecule has 0 saturated carbocycles. The summed E-state index contributed by atoms with van der Waals surface area (Å²) in [5, 5.41) is 5.24. The van der Waals surface area contributed by atoms with E-state index in [0.29, 0.717) is 11.7 Å². The van der Waals surface area contributed by atoms with Gasteiger partial charge < -0.3 is 5.32 Å². The highest BCUT2D eigenvalue weighted by atomic mass is 32.2. The van der Waals surface area contributed by atoms with E-state index in [9.17, 15) is 4.79 Å². The Morgan fingerprint density at radius 2 is 1.94 bits per heavy atom. The fourth-order valence-corrected chi connectivity index (χ4v) is 7.37. The first-order chi connectivity index (χ1) is 15.2. The van der Waals surface area contributed by atoms with Gasteiger partial charge >= 0.3 is 0 Å². The van der Waals surface area contributed by atoms with Crippen LogP contribution in [0.4, 0.5) is 5.00 Å². The topological polar surface area (TPSA) is 42.0 Å². The number of amides is 1. The maximum absolute atomic E-state index is 12.8. The van der Waals surface area contributed by atoms with Crippen LogP contribution in [0.2, 0.25) is 0 Å². The van der Waals surface area contributed by atoms with Crippen LogP contribution in [0.3, 0.4) is 0 Å². The van der Waals surface area contributed by atoms with Gasteiger partial charge in [0.1, 0.15) is 10.0 Å². The third kappa shape index (κ3) is 4.56. The molecule has 31 heavy (non-hydrogen) atoms. The fourth-order valence-electron chi connectivity index (χ4n) is 4.04. The molecular formula is C25H24N2OS3. The summed E-state index contributed by atoms with van der Waals surface area (Å²) in [6.07, 6.45) is 3.36. The van der Waals surface area contributed by atoms with Gasteiger partial charge in [-0.15, -0.1) is 34.4 Å². The molecule has 3 nitrogen and oxygen atoms in total. The molecule has 1 aliphatic carbocycles. The van der Waals surface area contributed by atoms with Crippen LogP contribution in [0.1, 0.15) is 29.3 Å². The number of nitrogens with zero attached hydrogens (tertiary/aromatic N) is 1. The first-order valence-electron chi connectivity index (χ1n) is 10.6. The average molecular weight is 465 g/mol. The Bertz CT molecular complexity index is 1180. The van der Waals surface area contributed by atoms with Gasteiger partial charge in [0.15, 0.2) is 0 Å². The number of para-hydroxylation sites is 1. The van der Waals surface area contributed by atoms with Crippen molar-refractivity contribution in [3.05, 3.63) is 70.6 Å². The second kappa shape index (κ2) is 9.15. The third-order valence-corrected chi connectivity index (χ3v) is 8.84. The van der Waals surface area contributed by atoms with Crippen LogP contribution in [0.15, 0.2) is 54.6 Å². The molecule has 158 valence electrons. The number of hydrogen-bond acceptors (Lipinski definition) is 5. The third-order valence-electron chi connectivity index (χ3n) is 5.62. The quantitative estimate of drug-likeness (QED) is 0.333. The van der Waals surface area contributed by atoms with Crippen molar-refractivity contribution in [3.8, 4) is 10.6 Å². The minimum Gasteiger partial charge on any atom is -0.316 e. The predicted octanol–water partition coefficient (Wildman–Crippen LogP) is 7.02. The van der Waals surface area contributed by atoms with E-state index in [1.54, 1.807) is 34.4 Å². The van der Waals surface area contributed by atoms with Crippen molar-refractivity contribution in [1.82, 2.24) is 4.98 Å². The number of thioether (sulfide) groups is 1. The second-order valence-corrected chi connectivity index (χ2v) is 11.2. The summed E-state index contributed by atoms with van der Waals surface area (Å²) in [6, 6.07) is 18.6. The first-order valence-corrected chi connectivity index (χ1v) is 13.4. The van der Waals surface area contributed by atoms with E-state index >= 15 is 0 Å². The molecule has 0 fully saturated rings. The van der Waals surface area contributed by atoms with Gasteiger partial charge in [-0.2, -0.15) is 0 Å². The number of carbonyl (C=O) groups excluding carboxylic acids is 1. The molecule has 5 rings (SSSR count). The molecule has 0 radical (unpaired) electrons. The molecule has 1 atom stereocenters. The molecule has 6 heteroatoms. The first kappa shape index (κ1) is 20.7. The highest BCUT2D eigenvalue weighted by Crippen LogP contribution is 2.47. The lowest BCUT2D eigenvalue weighted by Gasteiger charge is -2.18. The van der Waals surface area contributed by atoms with E-state index in [1.807, 2.05) is 24.3 Å². The van der Waals surface area contributed by atoms with Crippen molar-refractivity contribution in [1.29, 1.82) is 0 Å². The molecule has 2 aromatic carbocycles. The zero-order chi connectivity index (χ0) is 21.2. The smallest absolute Gasteiger partial charge is 0.234 e. The molecule has 1 amide bonds. The number of thiophene rings is 1. The Balaban J connectivity index is 1.39. The van der Waals surface area contributed by atoms with E-state index in [2.05, 4.69) is 42.6 Å². The molecule has 0 aliphatic heterocycles. The van der Waals surface area contributed by atoms with Gasteiger partial charge in [-0.05, 0) is 48.4 Å². The fraction of sp³-hybridized carbons (Fsp3) is 0.280. The van der Waals surface area contributed by atoms with Gasteiger partial charge in [0.05, 0.1) is 16.0 Å². The van der Waals surface area contributed by atoms with Crippen LogP contribution in [0.25, 0.3) is 20.8 Å². The lowest BCUT2D eigenvalue weighted by molar-refractivity contribution is -0.113. The molecule has 1 N–H and O–H groups in total. The summed E-state index contributed by atoms with van der Waals surface area (Å²) >= 11 is 5.13. The van der Waals surface area contributed by atoms with Crippen LogP contribution < -0.4 is 5.32 Å². The van der Waals surface area contributed by atoms with Crippen LogP contribution in [0.5, 0.6) is 0 Å². The number of benzene rings is 2. The number of carbonyl (C=O) groups is 1. The Morgan fingerprint density at radius 1 is 1.13 bits per heavy atom. The number of aromatic nitrogens is 1. The Hall–Kier alpha value is -2.15. The van der Waals surface area contributed by atoms with Gasteiger partial charge in [0.25, 0.3) is 0 Å². The maximum atomic E-state index is 12.8. The zero-order valence-electron chi connectivity index (χ0n) is 17.4. The van der Waals surface area contributed by atoms with Crippen LogP contribution in [0, 0.1) is 5.92 Å². The maximum Gasteiger partial charge on any atom is 0.234 e. The van der Waals surface area contributed by atoms with Crippen molar-refractivity contribution in [3.63, 3.8) is 0 Å². The monoisotopic (exact) mass is 464 g/mol. The number of thiazole rings is 1. The summed E-state index contributed by atoms with van der Waals surface area (Å²) in [4.78, 5) is 19.1. The largest absolute Gasteiger partial charge is 0.316 e. The predicted molar refractivity (Wildman–Crippen MR) is 135 cm³/mol. The number of nitrogens with one attached hydrogen (secondary N) is 1. The van der Waals surface area contributed by atoms with E-state index in [0.717, 1.165) is 39.7 Å². The van der Waals surface area contributed by atoms with Gasteiger partial charge in [-0.3, -0.25) is 4.79 Å². The summed E-state index contributed by atoms with van der Waals surface area (Å²) < 4.78 is 1.19. The van der Waals surface area contributed by atoms with Gasteiger partial charge in [-0.25, -0.2) is 4.98 Å². The minimum absolute atomic E-state index is 0.0648. The molecule has 2 heterocycles. The molecule has 4 aromatic rings. The van der Waals surface area contributed by atoms with Gasteiger partial charge in [-0.1, -0.05) is 49.4 Å². The molecular weight excluding hydrogens is 440 g/mol. The SMILES string of the molecule is CC1CCc2c(sc(NC(=O)CSCc3ccccc3)c2-c2nc3ccccc3s2)C1. The Morgan fingerprint density at radius 3 is 2.77 bits per heavy atom. The van der Waals surface area contributed by atoms with E-state index in [4.69, 9.17) is 4.98 Å². The van der Waals surface area contributed by atoms with Crippen LogP contribution in [-0.4, -0.2) is 16.6 Å². The highest BCUT2D eigenvalue weighted by molar-refractivity contribution is 7.99. The van der Waals surface area contributed by atoms with Gasteiger partial charge in [0.2, 0.25) is 5.91 Å². The number of anilines is 1. The Labute approximate surface area is 194 Å². The number of fused-ring (bicyclic) bond motifs is 2. The lowest BCUT2D eigenvalue weighted by Crippen LogP contribution is -2.14. The summed E-state index contributed by atoms with van der Waals surface area (Å²) in [5.41, 5.74) is 4.84. The van der Waals surface area contributed by atoms with Crippen LogP contribution in [-0.2, 0) is 23.4 Å². The lowest BCUT2D eigenvalue weighted by atomic mass is 9.88. The zero-order valence-corrected chi connectivity index (χ0v) is 19.8. The normalized spacial score (nSPS) is 15.7. The van der Waals surface area contributed by atoms with Crippen molar-refractivity contribution < 1.29 is 4.79 Å². The second-order valence-electron chi connectivity index (χ2n) is 8.07. The van der Waals surface area contributed by atoms with Crippen molar-refractivity contribution >= 4 is 55.6 Å². The van der Waals surface area contributed by atoms with E-state index < -0.39 is 0 Å². The minimum atomic E-state index is 0.0648. The highest BCUT2D eigenvalue weighted by Gasteiger charge is 2.27.